The highest BCUT2D eigenvalue weighted by Crippen LogP contribution is 2.30. The summed E-state index contributed by atoms with van der Waals surface area (Å²) < 4.78 is 5.10. The maximum absolute atomic E-state index is 12.0. The van der Waals surface area contributed by atoms with Gasteiger partial charge in [-0.1, -0.05) is 0 Å². The highest BCUT2D eigenvalue weighted by molar-refractivity contribution is 7.21. The Kier molecular flexibility index (Phi) is 5.22. The summed E-state index contributed by atoms with van der Waals surface area (Å²) in [5, 5.41) is 11.3. The molecule has 0 aliphatic carbocycles. The minimum absolute atomic E-state index is 0.00464. The van der Waals surface area contributed by atoms with Crippen molar-refractivity contribution in [3.05, 3.63) is 17.3 Å². The Hall–Kier alpha value is -1.77. The minimum Gasteiger partial charge on any atom is -0.396 e. The third-order valence-electron chi connectivity index (χ3n) is 2.56. The molecule has 0 spiro atoms. The van der Waals surface area contributed by atoms with Crippen molar-refractivity contribution >= 4 is 33.3 Å². The molecule has 0 fully saturated rings. The first-order chi connectivity index (χ1) is 9.74. The maximum Gasteiger partial charge on any atom is 0.263 e. The second-order valence-electron chi connectivity index (χ2n) is 4.00. The number of aliphatic hydroxyl groups excluding tert-OH is 1. The van der Waals surface area contributed by atoms with Crippen molar-refractivity contribution in [3.63, 3.8) is 0 Å². The lowest BCUT2D eigenvalue weighted by molar-refractivity contribution is 0.0869. The minimum atomic E-state index is -0.227. The molecule has 0 aliphatic rings. The molecule has 20 heavy (non-hydrogen) atoms. The molecular weight excluding hydrogens is 280 g/mol. The summed E-state index contributed by atoms with van der Waals surface area (Å²) in [6.45, 7) is 1.30. The molecule has 2 aromatic heterocycles. The third kappa shape index (κ3) is 3.41. The van der Waals surface area contributed by atoms with Gasteiger partial charge in [0.15, 0.2) is 0 Å². The molecule has 108 valence electrons. The molecule has 0 saturated carbocycles. The van der Waals surface area contributed by atoms with Crippen LogP contribution in [0.4, 0.5) is 5.69 Å². The summed E-state index contributed by atoms with van der Waals surface area (Å²) in [7, 11) is 0. The van der Waals surface area contributed by atoms with Crippen molar-refractivity contribution in [2.45, 2.75) is 6.42 Å². The van der Waals surface area contributed by atoms with E-state index in [9.17, 15) is 4.79 Å². The van der Waals surface area contributed by atoms with Crippen molar-refractivity contribution in [2.24, 2.45) is 0 Å². The predicted octanol–water partition coefficient (Wildman–Crippen LogP) is 0.402. The number of amides is 1. The molecule has 0 aliphatic heterocycles. The van der Waals surface area contributed by atoms with E-state index in [4.69, 9.17) is 15.6 Å². The van der Waals surface area contributed by atoms with Crippen LogP contribution in [0.25, 0.3) is 10.3 Å². The van der Waals surface area contributed by atoms with Gasteiger partial charge in [0, 0.05) is 25.5 Å². The van der Waals surface area contributed by atoms with Crippen LogP contribution in [-0.4, -0.2) is 47.3 Å². The number of carbonyl (C=O) groups excluding carboxylic acids is 1. The zero-order valence-corrected chi connectivity index (χ0v) is 11.7. The van der Waals surface area contributed by atoms with Gasteiger partial charge < -0.3 is 20.9 Å². The van der Waals surface area contributed by atoms with Crippen LogP contribution >= 0.6 is 11.3 Å². The number of fused-ring (bicyclic) bond motifs is 1. The quantitative estimate of drug-likeness (QED) is 0.638. The van der Waals surface area contributed by atoms with E-state index in [1.807, 2.05) is 0 Å². The smallest absolute Gasteiger partial charge is 0.263 e. The fraction of sp³-hybridized carbons (Fsp3) is 0.417. The van der Waals surface area contributed by atoms with Gasteiger partial charge in [-0.05, 0) is 6.42 Å². The van der Waals surface area contributed by atoms with Gasteiger partial charge in [-0.2, -0.15) is 0 Å². The van der Waals surface area contributed by atoms with Crippen molar-refractivity contribution in [1.29, 1.82) is 0 Å². The standard InChI is InChI=1S/C12H16N4O3S/c13-8-9-12(16-4-3-14-9)20-10(8)11(18)15-2-1-6-19-7-5-17/h3-4,17H,1-2,5-7,13H2,(H,15,18). The molecule has 8 heteroatoms. The lowest BCUT2D eigenvalue weighted by Gasteiger charge is -2.04. The van der Waals surface area contributed by atoms with Crippen LogP contribution in [0.1, 0.15) is 16.1 Å². The summed E-state index contributed by atoms with van der Waals surface area (Å²) in [4.78, 5) is 21.3. The number of anilines is 1. The van der Waals surface area contributed by atoms with Gasteiger partial charge in [0.1, 0.15) is 15.2 Å². The number of rotatable bonds is 7. The predicted molar refractivity (Wildman–Crippen MR) is 76.7 cm³/mol. The van der Waals surface area contributed by atoms with Gasteiger partial charge in [-0.15, -0.1) is 11.3 Å². The van der Waals surface area contributed by atoms with Crippen LogP contribution in [0.5, 0.6) is 0 Å². The Morgan fingerprint density at radius 3 is 2.95 bits per heavy atom. The van der Waals surface area contributed by atoms with E-state index in [0.29, 0.717) is 47.1 Å². The van der Waals surface area contributed by atoms with Crippen LogP contribution in [0, 0.1) is 0 Å². The average Bonchev–Trinajstić information content (AvgIpc) is 2.80. The van der Waals surface area contributed by atoms with Crippen LogP contribution < -0.4 is 11.1 Å². The van der Waals surface area contributed by atoms with E-state index in [2.05, 4.69) is 15.3 Å². The van der Waals surface area contributed by atoms with Crippen LogP contribution in [0.15, 0.2) is 12.4 Å². The molecule has 1 amide bonds. The number of nitrogens with zero attached hydrogens (tertiary/aromatic N) is 2. The molecule has 0 unspecified atom stereocenters. The Balaban J connectivity index is 1.89. The van der Waals surface area contributed by atoms with E-state index in [1.165, 1.54) is 11.3 Å². The van der Waals surface area contributed by atoms with E-state index < -0.39 is 0 Å². The molecule has 4 N–H and O–H groups in total. The summed E-state index contributed by atoms with van der Waals surface area (Å²) >= 11 is 1.23. The van der Waals surface area contributed by atoms with Crippen LogP contribution in [0.2, 0.25) is 0 Å². The van der Waals surface area contributed by atoms with Crippen LogP contribution in [-0.2, 0) is 4.74 Å². The lowest BCUT2D eigenvalue weighted by atomic mass is 10.3. The summed E-state index contributed by atoms with van der Waals surface area (Å²) in [5.41, 5.74) is 6.84. The second kappa shape index (κ2) is 7.13. The fourth-order valence-corrected chi connectivity index (χ4v) is 2.57. The van der Waals surface area contributed by atoms with E-state index in [-0.39, 0.29) is 12.5 Å². The molecule has 0 radical (unpaired) electrons. The monoisotopic (exact) mass is 296 g/mol. The summed E-state index contributed by atoms with van der Waals surface area (Å²) in [6.07, 6.45) is 3.79. The van der Waals surface area contributed by atoms with Crippen LogP contribution in [0.3, 0.4) is 0 Å². The molecule has 2 rings (SSSR count). The number of thiophene rings is 1. The molecule has 2 heterocycles. The molecular formula is C12H16N4O3S. The topological polar surface area (TPSA) is 110 Å². The summed E-state index contributed by atoms with van der Waals surface area (Å²) in [5.74, 6) is -0.227. The van der Waals surface area contributed by atoms with Gasteiger partial charge >= 0.3 is 0 Å². The first kappa shape index (κ1) is 14.6. The number of ether oxygens (including phenoxy) is 1. The molecule has 7 nitrogen and oxygen atoms in total. The Morgan fingerprint density at radius 2 is 2.20 bits per heavy atom. The van der Waals surface area contributed by atoms with Gasteiger partial charge in [0.05, 0.1) is 18.9 Å². The number of nitrogens with one attached hydrogen (secondary N) is 1. The van der Waals surface area contributed by atoms with Gasteiger partial charge in [0.2, 0.25) is 0 Å². The molecule has 0 aromatic carbocycles. The van der Waals surface area contributed by atoms with Gasteiger partial charge in [-0.25, -0.2) is 9.97 Å². The second-order valence-corrected chi connectivity index (χ2v) is 5.00. The number of nitrogens with two attached hydrogens (primary N) is 1. The Morgan fingerprint density at radius 1 is 1.40 bits per heavy atom. The van der Waals surface area contributed by atoms with Crippen molar-refractivity contribution < 1.29 is 14.6 Å². The number of hydrogen-bond donors (Lipinski definition) is 3. The Labute approximate surface area is 119 Å². The van der Waals surface area contributed by atoms with E-state index in [1.54, 1.807) is 12.4 Å². The van der Waals surface area contributed by atoms with Crippen molar-refractivity contribution in [2.75, 3.05) is 32.1 Å². The lowest BCUT2D eigenvalue weighted by Crippen LogP contribution is -2.25. The SMILES string of the molecule is Nc1c(C(=O)NCCCOCCO)sc2nccnc12. The molecule has 0 bridgehead atoms. The van der Waals surface area contributed by atoms with Crippen molar-refractivity contribution in [3.8, 4) is 0 Å². The first-order valence-electron chi connectivity index (χ1n) is 6.20. The largest absolute Gasteiger partial charge is 0.396 e. The molecule has 2 aromatic rings. The normalized spacial score (nSPS) is 10.8. The maximum atomic E-state index is 12.0. The number of aromatic nitrogens is 2. The average molecular weight is 296 g/mol. The number of nitrogen functional groups attached to an aromatic ring is 1. The number of hydrogen-bond acceptors (Lipinski definition) is 7. The zero-order chi connectivity index (χ0) is 14.4. The number of aliphatic hydroxyl groups is 1. The van der Waals surface area contributed by atoms with Gasteiger partial charge in [-0.3, -0.25) is 4.79 Å². The Bertz CT molecular complexity index is 587. The fourth-order valence-electron chi connectivity index (χ4n) is 1.64. The van der Waals surface area contributed by atoms with E-state index >= 15 is 0 Å². The summed E-state index contributed by atoms with van der Waals surface area (Å²) in [6, 6.07) is 0. The first-order valence-corrected chi connectivity index (χ1v) is 7.01. The van der Waals surface area contributed by atoms with Gasteiger partial charge in [0.25, 0.3) is 5.91 Å². The number of carbonyl (C=O) groups is 1. The highest BCUT2D eigenvalue weighted by atomic mass is 32.1. The van der Waals surface area contributed by atoms with Crippen molar-refractivity contribution in [1.82, 2.24) is 15.3 Å². The highest BCUT2D eigenvalue weighted by Gasteiger charge is 2.17. The molecule has 0 saturated heterocycles. The zero-order valence-electron chi connectivity index (χ0n) is 10.8. The molecule has 0 atom stereocenters. The third-order valence-corrected chi connectivity index (χ3v) is 3.66. The van der Waals surface area contributed by atoms with E-state index in [0.717, 1.165) is 0 Å².